The van der Waals surface area contributed by atoms with Crippen LogP contribution < -0.4 is 5.73 Å². The number of hydrogen-bond acceptors (Lipinski definition) is 2. The maximum absolute atomic E-state index is 11.8. The molecule has 4 heteroatoms. The summed E-state index contributed by atoms with van der Waals surface area (Å²) in [5.41, 5.74) is 12.4. The third-order valence-corrected chi connectivity index (χ3v) is 4.94. The van der Waals surface area contributed by atoms with E-state index in [1.165, 1.54) is 5.56 Å². The number of H-pyrrole nitrogens is 1. The van der Waals surface area contributed by atoms with E-state index in [1.54, 1.807) is 17.4 Å². The Bertz CT molecular complexity index is 1030. The smallest absolute Gasteiger partial charge is 0.250 e. The van der Waals surface area contributed by atoms with E-state index in [4.69, 9.17) is 5.73 Å². The highest BCUT2D eigenvalue weighted by atomic mass is 32.1. The third-order valence-electron chi connectivity index (χ3n) is 4.25. The number of aromatic nitrogens is 1. The first kappa shape index (κ1) is 14.7. The number of thiophene rings is 1. The van der Waals surface area contributed by atoms with Gasteiger partial charge >= 0.3 is 0 Å². The zero-order valence-electron chi connectivity index (χ0n) is 13.2. The van der Waals surface area contributed by atoms with Crippen molar-refractivity contribution in [3.8, 4) is 22.4 Å². The summed E-state index contributed by atoms with van der Waals surface area (Å²) in [7, 11) is 0. The highest BCUT2D eigenvalue weighted by Crippen LogP contribution is 2.35. The summed E-state index contributed by atoms with van der Waals surface area (Å²) in [6.45, 7) is 2.06. The minimum Gasteiger partial charge on any atom is -0.366 e. The van der Waals surface area contributed by atoms with Gasteiger partial charge in [0.25, 0.3) is 5.91 Å². The summed E-state index contributed by atoms with van der Waals surface area (Å²) in [4.78, 5) is 15.2. The number of hydrogen-bond donors (Lipinski definition) is 2. The first-order valence-electron chi connectivity index (χ1n) is 7.68. The number of aryl methyl sites for hydroxylation is 1. The molecule has 2 aromatic carbocycles. The molecule has 2 heterocycles. The van der Waals surface area contributed by atoms with Gasteiger partial charge in [-0.15, -0.1) is 0 Å². The van der Waals surface area contributed by atoms with Crippen LogP contribution in [0.2, 0.25) is 0 Å². The number of nitrogens with one attached hydrogen (secondary N) is 1. The fourth-order valence-corrected chi connectivity index (χ4v) is 3.64. The van der Waals surface area contributed by atoms with Gasteiger partial charge in [0.05, 0.1) is 11.1 Å². The largest absolute Gasteiger partial charge is 0.366 e. The Balaban J connectivity index is 1.98. The van der Waals surface area contributed by atoms with Gasteiger partial charge in [-0.3, -0.25) is 4.79 Å². The molecule has 0 aliphatic rings. The number of carbonyl (C=O) groups is 1. The first-order valence-corrected chi connectivity index (χ1v) is 8.63. The lowest BCUT2D eigenvalue weighted by molar-refractivity contribution is 0.100. The van der Waals surface area contributed by atoms with Crippen molar-refractivity contribution in [2.24, 2.45) is 5.73 Å². The summed E-state index contributed by atoms with van der Waals surface area (Å²) in [5, 5.41) is 5.17. The van der Waals surface area contributed by atoms with E-state index in [1.807, 2.05) is 6.07 Å². The lowest BCUT2D eigenvalue weighted by atomic mass is 10.0. The van der Waals surface area contributed by atoms with Gasteiger partial charge in [0.1, 0.15) is 0 Å². The second-order valence-corrected chi connectivity index (χ2v) is 6.65. The minimum absolute atomic E-state index is 0.422. The van der Waals surface area contributed by atoms with Crippen molar-refractivity contribution in [3.05, 3.63) is 70.4 Å². The Labute approximate surface area is 143 Å². The molecule has 1 amide bonds. The standard InChI is InChI=1S/C20H16N2OS/c1-12-2-4-13(5-3-12)18-10-17-15(14-8-9-24-11-14)6-7-16(20(21)23)19(17)22-18/h2-11,22H,1H3,(H2,21,23). The fourth-order valence-electron chi connectivity index (χ4n) is 2.98. The quantitative estimate of drug-likeness (QED) is 0.547. The fraction of sp³-hybridized carbons (Fsp3) is 0.0500. The number of aromatic amines is 1. The molecule has 4 aromatic rings. The Morgan fingerprint density at radius 1 is 1.04 bits per heavy atom. The van der Waals surface area contributed by atoms with Crippen LogP contribution in [0.1, 0.15) is 15.9 Å². The first-order chi connectivity index (χ1) is 11.6. The van der Waals surface area contributed by atoms with Gasteiger partial charge in [-0.2, -0.15) is 11.3 Å². The molecular weight excluding hydrogens is 316 g/mol. The average molecular weight is 332 g/mol. The molecule has 0 radical (unpaired) electrons. The Kier molecular flexibility index (Phi) is 3.47. The van der Waals surface area contributed by atoms with Crippen molar-refractivity contribution in [2.45, 2.75) is 6.92 Å². The van der Waals surface area contributed by atoms with Crippen molar-refractivity contribution in [1.82, 2.24) is 4.98 Å². The molecule has 0 aliphatic carbocycles. The number of nitrogens with two attached hydrogens (primary N) is 1. The van der Waals surface area contributed by atoms with E-state index in [-0.39, 0.29) is 0 Å². The van der Waals surface area contributed by atoms with Crippen LogP contribution in [-0.2, 0) is 0 Å². The lowest BCUT2D eigenvalue weighted by Gasteiger charge is -2.04. The second kappa shape index (κ2) is 5.65. The predicted molar refractivity (Wildman–Crippen MR) is 100 cm³/mol. The molecule has 3 N–H and O–H groups in total. The monoisotopic (exact) mass is 332 g/mol. The van der Waals surface area contributed by atoms with Crippen molar-refractivity contribution in [3.63, 3.8) is 0 Å². The van der Waals surface area contributed by atoms with E-state index >= 15 is 0 Å². The maximum Gasteiger partial charge on any atom is 0.250 e. The number of amides is 1. The van der Waals surface area contributed by atoms with Crippen LogP contribution in [0.25, 0.3) is 33.3 Å². The molecule has 2 aromatic heterocycles. The van der Waals surface area contributed by atoms with Gasteiger partial charge < -0.3 is 10.7 Å². The van der Waals surface area contributed by atoms with Crippen molar-refractivity contribution >= 4 is 28.1 Å². The molecule has 0 saturated carbocycles. The second-order valence-electron chi connectivity index (χ2n) is 5.87. The number of primary amides is 1. The third kappa shape index (κ3) is 2.41. The zero-order chi connectivity index (χ0) is 16.7. The minimum atomic E-state index is -0.422. The molecule has 0 atom stereocenters. The zero-order valence-corrected chi connectivity index (χ0v) is 14.0. The van der Waals surface area contributed by atoms with Gasteiger partial charge in [-0.1, -0.05) is 35.9 Å². The maximum atomic E-state index is 11.8. The van der Waals surface area contributed by atoms with Gasteiger partial charge in [0, 0.05) is 11.1 Å². The molecule has 0 aliphatic heterocycles. The molecule has 3 nitrogen and oxygen atoms in total. The predicted octanol–water partition coefficient (Wildman–Crippen LogP) is 4.97. The van der Waals surface area contributed by atoms with Gasteiger partial charge in [0.15, 0.2) is 0 Å². The van der Waals surface area contributed by atoms with Crippen molar-refractivity contribution < 1.29 is 4.79 Å². The van der Waals surface area contributed by atoms with Crippen molar-refractivity contribution in [2.75, 3.05) is 0 Å². The molecule has 0 spiro atoms. The molecule has 0 bridgehead atoms. The van der Waals surface area contributed by atoms with Crippen LogP contribution in [-0.4, -0.2) is 10.9 Å². The lowest BCUT2D eigenvalue weighted by Crippen LogP contribution is -2.11. The van der Waals surface area contributed by atoms with Crippen LogP contribution in [0.3, 0.4) is 0 Å². The Morgan fingerprint density at radius 2 is 1.83 bits per heavy atom. The number of carbonyl (C=O) groups excluding carboxylic acids is 1. The van der Waals surface area contributed by atoms with Crippen molar-refractivity contribution in [1.29, 1.82) is 0 Å². The van der Waals surface area contributed by atoms with Crippen LogP contribution in [0, 0.1) is 6.92 Å². The van der Waals surface area contributed by atoms with E-state index in [2.05, 4.69) is 59.1 Å². The molecular formula is C20H16N2OS. The topological polar surface area (TPSA) is 58.9 Å². The summed E-state index contributed by atoms with van der Waals surface area (Å²) >= 11 is 1.66. The molecule has 0 unspecified atom stereocenters. The number of fused-ring (bicyclic) bond motifs is 1. The van der Waals surface area contributed by atoms with E-state index in [0.717, 1.165) is 33.3 Å². The van der Waals surface area contributed by atoms with Gasteiger partial charge in [0.2, 0.25) is 0 Å². The highest BCUT2D eigenvalue weighted by Gasteiger charge is 2.15. The average Bonchev–Trinajstić information content (AvgIpc) is 3.24. The van der Waals surface area contributed by atoms with Crippen LogP contribution in [0.5, 0.6) is 0 Å². The SMILES string of the molecule is Cc1ccc(-c2cc3c(-c4ccsc4)ccc(C(N)=O)c3[nH]2)cc1. The van der Waals surface area contributed by atoms with E-state index < -0.39 is 5.91 Å². The van der Waals surface area contributed by atoms with Gasteiger partial charge in [-0.25, -0.2) is 0 Å². The van der Waals surface area contributed by atoms with E-state index in [9.17, 15) is 4.79 Å². The normalized spacial score (nSPS) is 11.0. The number of rotatable bonds is 3. The summed E-state index contributed by atoms with van der Waals surface area (Å²) in [6, 6.07) is 16.3. The Morgan fingerprint density at radius 3 is 2.50 bits per heavy atom. The Hall–Kier alpha value is -2.85. The molecule has 118 valence electrons. The molecule has 0 saturated heterocycles. The molecule has 4 rings (SSSR count). The van der Waals surface area contributed by atoms with E-state index in [0.29, 0.717) is 5.56 Å². The van der Waals surface area contributed by atoms with Crippen LogP contribution >= 0.6 is 11.3 Å². The molecule has 0 fully saturated rings. The molecule has 24 heavy (non-hydrogen) atoms. The van der Waals surface area contributed by atoms with Crippen LogP contribution in [0.15, 0.2) is 59.3 Å². The highest BCUT2D eigenvalue weighted by molar-refractivity contribution is 7.08. The summed E-state index contributed by atoms with van der Waals surface area (Å²) in [5.74, 6) is -0.422. The van der Waals surface area contributed by atoms with Crippen LogP contribution in [0.4, 0.5) is 0 Å². The summed E-state index contributed by atoms with van der Waals surface area (Å²) < 4.78 is 0. The summed E-state index contributed by atoms with van der Waals surface area (Å²) in [6.07, 6.45) is 0. The number of benzene rings is 2. The van der Waals surface area contributed by atoms with Gasteiger partial charge in [-0.05, 0) is 52.6 Å².